The second-order valence-corrected chi connectivity index (χ2v) is 7.19. The number of anilines is 1. The summed E-state index contributed by atoms with van der Waals surface area (Å²) in [5.74, 6) is -1.57. The first kappa shape index (κ1) is 18.3. The lowest BCUT2D eigenvalue weighted by atomic mass is 9.86. The summed E-state index contributed by atoms with van der Waals surface area (Å²) in [7, 11) is 1.31. The molecule has 0 bridgehead atoms. The lowest BCUT2D eigenvalue weighted by Crippen LogP contribution is -2.41. The number of methoxy groups -OCH3 is 1. The lowest BCUT2D eigenvalue weighted by Gasteiger charge is -2.26. The molecule has 0 aliphatic heterocycles. The smallest absolute Gasteiger partial charge is 0.341 e. The fraction of sp³-hybridized carbons (Fsp3) is 0.562. The Morgan fingerprint density at radius 2 is 1.79 bits per heavy atom. The van der Waals surface area contributed by atoms with Gasteiger partial charge >= 0.3 is 18.0 Å². The van der Waals surface area contributed by atoms with Gasteiger partial charge in [-0.05, 0) is 45.1 Å². The molecule has 7 nitrogen and oxygen atoms in total. The van der Waals surface area contributed by atoms with E-state index in [2.05, 4.69) is 10.6 Å². The van der Waals surface area contributed by atoms with Crippen LogP contribution in [-0.2, 0) is 9.53 Å². The second-order valence-electron chi connectivity index (χ2n) is 5.96. The van der Waals surface area contributed by atoms with Crippen molar-refractivity contribution in [2.75, 3.05) is 12.4 Å². The Hall–Kier alpha value is -2.09. The zero-order valence-corrected chi connectivity index (χ0v) is 14.8. The minimum Gasteiger partial charge on any atom is -0.481 e. The van der Waals surface area contributed by atoms with Crippen LogP contribution in [0.4, 0.5) is 9.80 Å². The molecule has 2 rings (SSSR count). The van der Waals surface area contributed by atoms with Gasteiger partial charge in [-0.25, -0.2) is 9.59 Å². The number of esters is 1. The van der Waals surface area contributed by atoms with Crippen molar-refractivity contribution in [3.8, 4) is 0 Å². The van der Waals surface area contributed by atoms with E-state index in [0.717, 1.165) is 10.4 Å². The number of rotatable bonds is 4. The summed E-state index contributed by atoms with van der Waals surface area (Å²) < 4.78 is 4.78. The molecule has 2 amide bonds. The van der Waals surface area contributed by atoms with Gasteiger partial charge in [0.15, 0.2) is 0 Å². The minimum atomic E-state index is -0.773. The number of amides is 2. The van der Waals surface area contributed by atoms with Crippen LogP contribution < -0.4 is 10.6 Å². The third kappa shape index (κ3) is 4.05. The van der Waals surface area contributed by atoms with Crippen LogP contribution in [0.3, 0.4) is 0 Å². The van der Waals surface area contributed by atoms with Crippen LogP contribution in [0.5, 0.6) is 0 Å². The van der Waals surface area contributed by atoms with Gasteiger partial charge in [0.2, 0.25) is 0 Å². The van der Waals surface area contributed by atoms with E-state index >= 15 is 0 Å². The molecule has 0 radical (unpaired) electrons. The summed E-state index contributed by atoms with van der Waals surface area (Å²) in [6, 6.07) is -0.440. The van der Waals surface area contributed by atoms with E-state index in [1.807, 2.05) is 13.8 Å². The number of urea groups is 1. The van der Waals surface area contributed by atoms with E-state index in [9.17, 15) is 14.4 Å². The first-order valence-electron chi connectivity index (χ1n) is 7.82. The Morgan fingerprint density at radius 3 is 2.33 bits per heavy atom. The molecule has 1 aromatic rings. The van der Waals surface area contributed by atoms with Crippen molar-refractivity contribution in [2.45, 2.75) is 45.6 Å². The average molecular weight is 354 g/mol. The highest BCUT2D eigenvalue weighted by Crippen LogP contribution is 2.33. The van der Waals surface area contributed by atoms with Crippen LogP contribution in [-0.4, -0.2) is 36.2 Å². The van der Waals surface area contributed by atoms with Crippen molar-refractivity contribution < 1.29 is 24.2 Å². The number of carbonyl (C=O) groups is 3. The molecule has 1 aromatic heterocycles. The molecule has 1 heterocycles. The van der Waals surface area contributed by atoms with Gasteiger partial charge < -0.3 is 15.2 Å². The molecule has 1 fully saturated rings. The maximum atomic E-state index is 12.2. The van der Waals surface area contributed by atoms with E-state index in [-0.39, 0.29) is 18.0 Å². The average Bonchev–Trinajstić information content (AvgIpc) is 2.81. The molecule has 0 atom stereocenters. The number of nitrogens with one attached hydrogen (secondary N) is 2. The fourth-order valence-electron chi connectivity index (χ4n) is 2.87. The molecular weight excluding hydrogens is 332 g/mol. The number of hydrogen-bond acceptors (Lipinski definition) is 5. The normalized spacial score (nSPS) is 20.3. The van der Waals surface area contributed by atoms with Crippen LogP contribution in [0.1, 0.15) is 46.5 Å². The topological polar surface area (TPSA) is 105 Å². The Labute approximate surface area is 144 Å². The first-order valence-corrected chi connectivity index (χ1v) is 8.63. The number of aliphatic carboxylic acids is 1. The molecule has 132 valence electrons. The Morgan fingerprint density at radius 1 is 1.17 bits per heavy atom. The Balaban J connectivity index is 1.97. The van der Waals surface area contributed by atoms with Crippen LogP contribution in [0.15, 0.2) is 0 Å². The number of carbonyl (C=O) groups excluding carboxylic acids is 2. The number of thiophene rings is 1. The number of hydrogen-bond donors (Lipinski definition) is 3. The summed E-state index contributed by atoms with van der Waals surface area (Å²) in [4.78, 5) is 36.0. The van der Waals surface area contributed by atoms with Crippen molar-refractivity contribution >= 4 is 34.3 Å². The molecule has 0 aromatic carbocycles. The van der Waals surface area contributed by atoms with Gasteiger partial charge in [-0.2, -0.15) is 0 Å². The first-order chi connectivity index (χ1) is 11.3. The molecule has 3 N–H and O–H groups in total. The largest absolute Gasteiger partial charge is 0.481 e. The monoisotopic (exact) mass is 354 g/mol. The fourth-order valence-corrected chi connectivity index (χ4v) is 3.92. The predicted molar refractivity (Wildman–Crippen MR) is 90.7 cm³/mol. The van der Waals surface area contributed by atoms with Crippen LogP contribution in [0.2, 0.25) is 0 Å². The summed E-state index contributed by atoms with van der Waals surface area (Å²) in [5.41, 5.74) is 1.17. The van der Waals surface area contributed by atoms with Crippen molar-refractivity contribution in [3.63, 3.8) is 0 Å². The molecule has 1 saturated carbocycles. The number of carboxylic acids is 1. The number of ether oxygens (including phenoxy) is 1. The highest BCUT2D eigenvalue weighted by atomic mass is 32.1. The van der Waals surface area contributed by atoms with Crippen molar-refractivity contribution in [3.05, 3.63) is 16.0 Å². The predicted octanol–water partition coefficient (Wildman–Crippen LogP) is 2.92. The lowest BCUT2D eigenvalue weighted by molar-refractivity contribution is -0.142. The van der Waals surface area contributed by atoms with Crippen molar-refractivity contribution in [1.29, 1.82) is 0 Å². The molecule has 1 aliphatic carbocycles. The summed E-state index contributed by atoms with van der Waals surface area (Å²) in [6.07, 6.45) is 2.39. The van der Waals surface area contributed by atoms with E-state index in [1.165, 1.54) is 18.4 Å². The van der Waals surface area contributed by atoms with E-state index in [4.69, 9.17) is 9.84 Å². The van der Waals surface area contributed by atoms with Crippen molar-refractivity contribution in [1.82, 2.24) is 5.32 Å². The van der Waals surface area contributed by atoms with Crippen LogP contribution in [0.25, 0.3) is 0 Å². The zero-order chi connectivity index (χ0) is 17.9. The molecule has 1 aliphatic rings. The van der Waals surface area contributed by atoms with Gasteiger partial charge in [-0.3, -0.25) is 10.1 Å². The maximum absolute atomic E-state index is 12.2. The molecule has 24 heavy (non-hydrogen) atoms. The SMILES string of the molecule is COC(=O)c1c(NC(=O)NC2CCC(C(=O)O)CC2)sc(C)c1C. The van der Waals surface area contributed by atoms with E-state index in [1.54, 1.807) is 0 Å². The Kier molecular flexibility index (Phi) is 5.82. The second kappa shape index (κ2) is 7.65. The molecular formula is C16H22N2O5S. The standard InChI is InChI=1S/C16H22N2O5S/c1-8-9(2)24-13(12(8)15(21)23-3)18-16(22)17-11-6-4-10(5-7-11)14(19)20/h10-11H,4-7H2,1-3H3,(H,19,20)(H2,17,18,22). The summed E-state index contributed by atoms with van der Waals surface area (Å²) in [6.45, 7) is 3.69. The molecule has 0 unspecified atom stereocenters. The Bertz CT molecular complexity index is 647. The van der Waals surface area contributed by atoms with Gasteiger partial charge in [0.05, 0.1) is 18.6 Å². The third-order valence-corrected chi connectivity index (χ3v) is 5.54. The maximum Gasteiger partial charge on any atom is 0.341 e. The van der Waals surface area contributed by atoms with Gasteiger partial charge in [0, 0.05) is 10.9 Å². The third-order valence-electron chi connectivity index (χ3n) is 4.41. The van der Waals surface area contributed by atoms with Gasteiger partial charge in [-0.1, -0.05) is 0 Å². The van der Waals surface area contributed by atoms with Crippen LogP contribution in [0, 0.1) is 19.8 Å². The molecule has 8 heteroatoms. The molecule has 0 spiro atoms. The van der Waals surface area contributed by atoms with Gasteiger partial charge in [-0.15, -0.1) is 11.3 Å². The molecule has 0 saturated heterocycles. The van der Waals surface area contributed by atoms with Gasteiger partial charge in [0.25, 0.3) is 0 Å². The zero-order valence-electron chi connectivity index (χ0n) is 14.0. The summed E-state index contributed by atoms with van der Waals surface area (Å²) >= 11 is 1.33. The van der Waals surface area contributed by atoms with E-state index in [0.29, 0.717) is 36.2 Å². The quantitative estimate of drug-likeness (QED) is 0.721. The summed E-state index contributed by atoms with van der Waals surface area (Å²) in [5, 5.41) is 15.0. The van der Waals surface area contributed by atoms with E-state index < -0.39 is 11.9 Å². The van der Waals surface area contributed by atoms with Gasteiger partial charge in [0.1, 0.15) is 5.00 Å². The highest BCUT2D eigenvalue weighted by Gasteiger charge is 2.27. The van der Waals surface area contributed by atoms with Crippen LogP contribution >= 0.6 is 11.3 Å². The number of carboxylic acid groups (broad SMARTS) is 1. The minimum absolute atomic E-state index is 0.0515. The highest BCUT2D eigenvalue weighted by molar-refractivity contribution is 7.16. The van der Waals surface area contributed by atoms with Crippen molar-refractivity contribution in [2.24, 2.45) is 5.92 Å². The number of aryl methyl sites for hydroxylation is 1.